The van der Waals surface area contributed by atoms with Crippen molar-refractivity contribution in [2.45, 2.75) is 6.42 Å². The molecule has 0 radical (unpaired) electrons. The highest BCUT2D eigenvalue weighted by Crippen LogP contribution is 2.16. The summed E-state index contributed by atoms with van der Waals surface area (Å²) < 4.78 is 19.0. The van der Waals surface area contributed by atoms with Gasteiger partial charge in [-0.1, -0.05) is 11.6 Å². The Hall–Kier alpha value is -1.33. The first-order chi connectivity index (χ1) is 9.06. The van der Waals surface area contributed by atoms with Crippen LogP contribution in [0.1, 0.15) is 16.1 Å². The summed E-state index contributed by atoms with van der Waals surface area (Å²) >= 11 is 8.89. The lowest BCUT2D eigenvalue weighted by Crippen LogP contribution is -2.25. The van der Waals surface area contributed by atoms with E-state index in [-0.39, 0.29) is 17.5 Å². The molecule has 1 heterocycles. The quantitative estimate of drug-likeness (QED) is 0.915. The molecule has 0 saturated heterocycles. The Morgan fingerprint density at radius 3 is 2.84 bits per heavy atom. The van der Waals surface area contributed by atoms with Gasteiger partial charge < -0.3 is 9.73 Å². The maximum Gasteiger partial charge on any atom is 0.287 e. The molecule has 3 nitrogen and oxygen atoms in total. The van der Waals surface area contributed by atoms with E-state index in [2.05, 4.69) is 21.2 Å². The largest absolute Gasteiger partial charge is 0.444 e. The van der Waals surface area contributed by atoms with E-state index in [1.165, 1.54) is 12.1 Å². The maximum atomic E-state index is 13.4. The van der Waals surface area contributed by atoms with Crippen molar-refractivity contribution in [1.82, 2.24) is 5.32 Å². The number of nitrogens with one attached hydrogen (secondary N) is 1. The van der Waals surface area contributed by atoms with Crippen LogP contribution in [0.15, 0.2) is 39.4 Å². The van der Waals surface area contributed by atoms with Gasteiger partial charge in [0.15, 0.2) is 10.4 Å². The first-order valence-electron chi connectivity index (χ1n) is 5.54. The number of carbonyl (C=O) groups excluding carboxylic acids is 1. The smallest absolute Gasteiger partial charge is 0.287 e. The minimum Gasteiger partial charge on any atom is -0.444 e. The summed E-state index contributed by atoms with van der Waals surface area (Å²) in [4.78, 5) is 11.7. The molecule has 19 heavy (non-hydrogen) atoms. The molecule has 0 unspecified atom stereocenters. The van der Waals surface area contributed by atoms with Crippen molar-refractivity contribution < 1.29 is 13.6 Å². The Bertz CT molecular complexity index is 600. The monoisotopic (exact) mass is 345 g/mol. The molecule has 100 valence electrons. The van der Waals surface area contributed by atoms with Crippen molar-refractivity contribution >= 4 is 33.4 Å². The standard InChI is InChI=1S/C13H10BrClFNO2/c14-12-4-3-11(19-12)13(18)17-6-5-8-7-9(15)1-2-10(8)16/h1-4,7H,5-6H2,(H,17,18). The van der Waals surface area contributed by atoms with Crippen LogP contribution in [-0.4, -0.2) is 12.5 Å². The van der Waals surface area contributed by atoms with Gasteiger partial charge in [0.2, 0.25) is 0 Å². The third kappa shape index (κ3) is 3.81. The van der Waals surface area contributed by atoms with Gasteiger partial charge in [-0.05, 0) is 58.2 Å². The van der Waals surface area contributed by atoms with Gasteiger partial charge in [0, 0.05) is 11.6 Å². The van der Waals surface area contributed by atoms with Gasteiger partial charge in [-0.2, -0.15) is 0 Å². The second-order valence-corrected chi connectivity index (χ2v) is 5.06. The molecule has 6 heteroatoms. The molecular weight excluding hydrogens is 337 g/mol. The van der Waals surface area contributed by atoms with E-state index in [0.29, 0.717) is 28.2 Å². The number of halogens is 3. The molecule has 0 atom stereocenters. The molecule has 0 aliphatic rings. The van der Waals surface area contributed by atoms with Crippen LogP contribution in [0.5, 0.6) is 0 Å². The van der Waals surface area contributed by atoms with Crippen LogP contribution in [-0.2, 0) is 6.42 Å². The van der Waals surface area contributed by atoms with Crippen LogP contribution in [0.4, 0.5) is 4.39 Å². The lowest BCUT2D eigenvalue weighted by Gasteiger charge is -2.05. The van der Waals surface area contributed by atoms with E-state index in [1.807, 2.05) is 0 Å². The number of amides is 1. The number of hydrogen-bond acceptors (Lipinski definition) is 2. The number of rotatable bonds is 4. The lowest BCUT2D eigenvalue weighted by atomic mass is 10.1. The molecule has 0 aliphatic heterocycles. The molecule has 2 rings (SSSR count). The molecule has 1 N–H and O–H groups in total. The predicted octanol–water partition coefficient (Wildman–Crippen LogP) is 3.81. The Kier molecular flexibility index (Phi) is 4.61. The third-order valence-corrected chi connectivity index (χ3v) is 3.15. The molecular formula is C13H10BrClFNO2. The molecule has 0 aliphatic carbocycles. The van der Waals surface area contributed by atoms with E-state index in [1.54, 1.807) is 18.2 Å². The van der Waals surface area contributed by atoms with E-state index in [0.717, 1.165) is 0 Å². The molecule has 0 saturated carbocycles. The summed E-state index contributed by atoms with van der Waals surface area (Å²) in [6.07, 6.45) is 0.361. The van der Waals surface area contributed by atoms with Crippen LogP contribution in [0.3, 0.4) is 0 Å². The molecule has 1 aromatic carbocycles. The van der Waals surface area contributed by atoms with Crippen LogP contribution in [0, 0.1) is 5.82 Å². The van der Waals surface area contributed by atoms with Crippen molar-refractivity contribution in [3.8, 4) is 0 Å². The van der Waals surface area contributed by atoms with Gasteiger partial charge in [-0.15, -0.1) is 0 Å². The van der Waals surface area contributed by atoms with Gasteiger partial charge in [-0.3, -0.25) is 4.79 Å². The summed E-state index contributed by atoms with van der Waals surface area (Å²) in [6, 6.07) is 7.53. The lowest BCUT2D eigenvalue weighted by molar-refractivity contribution is 0.0925. The Balaban J connectivity index is 1.90. The Labute approximate surface area is 122 Å². The first kappa shape index (κ1) is 14.1. The first-order valence-corrected chi connectivity index (χ1v) is 6.71. The minimum absolute atomic E-state index is 0.207. The Morgan fingerprint density at radius 2 is 2.16 bits per heavy atom. The van der Waals surface area contributed by atoms with E-state index >= 15 is 0 Å². The number of benzene rings is 1. The molecule has 2 aromatic rings. The average Bonchev–Trinajstić information content (AvgIpc) is 2.80. The summed E-state index contributed by atoms with van der Waals surface area (Å²) in [5.74, 6) is -0.467. The number of carbonyl (C=O) groups is 1. The number of furan rings is 1. The molecule has 0 fully saturated rings. The average molecular weight is 347 g/mol. The maximum absolute atomic E-state index is 13.4. The molecule has 1 aromatic heterocycles. The van der Waals surface area contributed by atoms with Crippen molar-refractivity contribution in [2.24, 2.45) is 0 Å². The zero-order valence-corrected chi connectivity index (χ0v) is 12.1. The highest BCUT2D eigenvalue weighted by molar-refractivity contribution is 9.10. The summed E-state index contributed by atoms with van der Waals surface area (Å²) in [5, 5.41) is 3.11. The Morgan fingerprint density at radius 1 is 1.37 bits per heavy atom. The summed E-state index contributed by atoms with van der Waals surface area (Å²) in [6.45, 7) is 0.300. The second-order valence-electron chi connectivity index (χ2n) is 3.85. The highest BCUT2D eigenvalue weighted by atomic mass is 79.9. The summed E-state index contributed by atoms with van der Waals surface area (Å²) in [5.41, 5.74) is 0.466. The van der Waals surface area contributed by atoms with Crippen molar-refractivity contribution in [3.05, 3.63) is 57.2 Å². The van der Waals surface area contributed by atoms with Crippen LogP contribution < -0.4 is 5.32 Å². The van der Waals surface area contributed by atoms with Crippen LogP contribution >= 0.6 is 27.5 Å². The zero-order chi connectivity index (χ0) is 13.8. The van der Waals surface area contributed by atoms with Crippen molar-refractivity contribution in [1.29, 1.82) is 0 Å². The van der Waals surface area contributed by atoms with Gasteiger partial charge >= 0.3 is 0 Å². The van der Waals surface area contributed by atoms with E-state index in [9.17, 15) is 9.18 Å². The van der Waals surface area contributed by atoms with Crippen molar-refractivity contribution in [3.63, 3.8) is 0 Å². The fourth-order valence-corrected chi connectivity index (χ4v) is 2.07. The molecule has 0 bridgehead atoms. The number of hydrogen-bond donors (Lipinski definition) is 1. The van der Waals surface area contributed by atoms with Crippen LogP contribution in [0.2, 0.25) is 5.02 Å². The fourth-order valence-electron chi connectivity index (χ4n) is 1.57. The van der Waals surface area contributed by atoms with Gasteiger partial charge in [0.1, 0.15) is 5.82 Å². The second kappa shape index (κ2) is 6.21. The van der Waals surface area contributed by atoms with Crippen LogP contribution in [0.25, 0.3) is 0 Å². The fraction of sp³-hybridized carbons (Fsp3) is 0.154. The van der Waals surface area contributed by atoms with Crippen molar-refractivity contribution in [2.75, 3.05) is 6.54 Å². The summed E-state index contributed by atoms with van der Waals surface area (Å²) in [7, 11) is 0. The molecule has 0 spiro atoms. The topological polar surface area (TPSA) is 42.2 Å². The minimum atomic E-state index is -0.340. The molecule has 1 amide bonds. The zero-order valence-electron chi connectivity index (χ0n) is 9.75. The van der Waals surface area contributed by atoms with Gasteiger partial charge in [0.05, 0.1) is 0 Å². The van der Waals surface area contributed by atoms with E-state index in [4.69, 9.17) is 16.0 Å². The van der Waals surface area contributed by atoms with E-state index < -0.39 is 0 Å². The highest BCUT2D eigenvalue weighted by Gasteiger charge is 2.10. The third-order valence-electron chi connectivity index (χ3n) is 2.48. The van der Waals surface area contributed by atoms with Gasteiger partial charge in [-0.25, -0.2) is 4.39 Å². The predicted molar refractivity (Wildman–Crippen MR) is 73.9 cm³/mol. The van der Waals surface area contributed by atoms with Gasteiger partial charge in [0.25, 0.3) is 5.91 Å². The normalized spacial score (nSPS) is 10.5. The SMILES string of the molecule is O=C(NCCc1cc(Cl)ccc1F)c1ccc(Br)o1.